The number of nitrogens with zero attached hydrogens (tertiary/aromatic N) is 1. The van der Waals surface area contributed by atoms with Gasteiger partial charge in [-0.2, -0.15) is 0 Å². The van der Waals surface area contributed by atoms with Crippen LogP contribution in [0.3, 0.4) is 0 Å². The highest BCUT2D eigenvalue weighted by atomic mass is 16.5. The smallest absolute Gasteiger partial charge is 0.233 e. The van der Waals surface area contributed by atoms with Gasteiger partial charge in [0.05, 0.1) is 12.0 Å². The van der Waals surface area contributed by atoms with Crippen LogP contribution in [0.5, 0.6) is 0 Å². The standard InChI is InChI=1S/C15H28N2O4/c1-2-3-7-12-10-16-15(20)14(12)13(17(21)11-19)8-5-4-6-9-18/h11-14,18,21H,2-10H2,1H3,(H,16,20)/t12-,13?,14-/m0/s1. The van der Waals surface area contributed by atoms with E-state index >= 15 is 0 Å². The molecule has 3 N–H and O–H groups in total. The minimum absolute atomic E-state index is 0.0656. The first-order valence-corrected chi connectivity index (χ1v) is 7.96. The van der Waals surface area contributed by atoms with Gasteiger partial charge in [0.15, 0.2) is 0 Å². The normalized spacial score (nSPS) is 22.9. The molecule has 0 aromatic rings. The lowest BCUT2D eigenvalue weighted by Gasteiger charge is -2.30. The van der Waals surface area contributed by atoms with Gasteiger partial charge in [-0.3, -0.25) is 14.8 Å². The lowest BCUT2D eigenvalue weighted by atomic mass is 9.83. The minimum atomic E-state index is -0.467. The van der Waals surface area contributed by atoms with Crippen LogP contribution in [0.25, 0.3) is 0 Å². The summed E-state index contributed by atoms with van der Waals surface area (Å²) in [6.45, 7) is 2.88. The Hall–Kier alpha value is -1.14. The zero-order chi connectivity index (χ0) is 15.7. The van der Waals surface area contributed by atoms with Crippen molar-refractivity contribution in [3.05, 3.63) is 0 Å². The summed E-state index contributed by atoms with van der Waals surface area (Å²) in [5.41, 5.74) is 0. The molecular formula is C15H28N2O4. The summed E-state index contributed by atoms with van der Waals surface area (Å²) in [5.74, 6) is -0.222. The number of nitrogens with one attached hydrogen (secondary N) is 1. The zero-order valence-electron chi connectivity index (χ0n) is 12.8. The van der Waals surface area contributed by atoms with Gasteiger partial charge in [0, 0.05) is 13.2 Å². The Bertz CT molecular complexity index is 325. The van der Waals surface area contributed by atoms with Crippen LogP contribution < -0.4 is 5.32 Å². The predicted molar refractivity (Wildman–Crippen MR) is 78.5 cm³/mol. The van der Waals surface area contributed by atoms with Crippen LogP contribution in [-0.2, 0) is 9.59 Å². The molecule has 1 aliphatic rings. The van der Waals surface area contributed by atoms with Crippen molar-refractivity contribution in [3.63, 3.8) is 0 Å². The van der Waals surface area contributed by atoms with Crippen LogP contribution in [0, 0.1) is 11.8 Å². The molecule has 0 aromatic carbocycles. The first-order chi connectivity index (χ1) is 10.2. The maximum atomic E-state index is 12.1. The van der Waals surface area contributed by atoms with E-state index in [2.05, 4.69) is 12.2 Å². The molecule has 2 amide bonds. The lowest BCUT2D eigenvalue weighted by molar-refractivity contribution is -0.169. The summed E-state index contributed by atoms with van der Waals surface area (Å²) in [7, 11) is 0. The maximum Gasteiger partial charge on any atom is 0.233 e. The second-order valence-corrected chi connectivity index (χ2v) is 5.80. The van der Waals surface area contributed by atoms with Crippen LogP contribution in [0.4, 0.5) is 0 Å². The number of carbonyl (C=O) groups is 2. The fourth-order valence-electron chi connectivity index (χ4n) is 3.12. The van der Waals surface area contributed by atoms with Gasteiger partial charge < -0.3 is 10.4 Å². The molecule has 1 saturated heterocycles. The summed E-state index contributed by atoms with van der Waals surface area (Å²) < 4.78 is 0. The molecule has 21 heavy (non-hydrogen) atoms. The highest BCUT2D eigenvalue weighted by molar-refractivity contribution is 5.82. The molecule has 0 saturated carbocycles. The molecule has 122 valence electrons. The molecular weight excluding hydrogens is 272 g/mol. The van der Waals surface area contributed by atoms with Crippen molar-refractivity contribution in [2.45, 2.75) is 57.9 Å². The Labute approximate surface area is 126 Å². The Morgan fingerprint density at radius 3 is 2.76 bits per heavy atom. The number of aliphatic hydroxyl groups is 1. The van der Waals surface area contributed by atoms with E-state index in [9.17, 15) is 14.8 Å². The van der Waals surface area contributed by atoms with Gasteiger partial charge in [0.2, 0.25) is 12.3 Å². The van der Waals surface area contributed by atoms with Crippen molar-refractivity contribution in [1.29, 1.82) is 0 Å². The first kappa shape index (κ1) is 17.9. The van der Waals surface area contributed by atoms with Gasteiger partial charge in [0.25, 0.3) is 0 Å². The van der Waals surface area contributed by atoms with Crippen molar-refractivity contribution in [1.82, 2.24) is 10.4 Å². The maximum absolute atomic E-state index is 12.1. The topological polar surface area (TPSA) is 89.9 Å². The van der Waals surface area contributed by atoms with E-state index in [1.165, 1.54) is 0 Å². The van der Waals surface area contributed by atoms with E-state index in [1.807, 2.05) is 0 Å². The number of carbonyl (C=O) groups excluding carboxylic acids is 2. The van der Waals surface area contributed by atoms with E-state index in [0.717, 1.165) is 32.1 Å². The van der Waals surface area contributed by atoms with Gasteiger partial charge in [-0.05, 0) is 25.2 Å². The van der Waals surface area contributed by atoms with E-state index in [4.69, 9.17) is 5.11 Å². The lowest BCUT2D eigenvalue weighted by Crippen LogP contribution is -2.43. The second-order valence-electron chi connectivity index (χ2n) is 5.80. The number of hydrogen-bond acceptors (Lipinski definition) is 4. The Morgan fingerprint density at radius 2 is 2.14 bits per heavy atom. The van der Waals surface area contributed by atoms with E-state index in [1.54, 1.807) is 0 Å². The Morgan fingerprint density at radius 1 is 1.38 bits per heavy atom. The Balaban J connectivity index is 2.68. The molecule has 1 heterocycles. The fraction of sp³-hybridized carbons (Fsp3) is 0.867. The molecule has 6 heteroatoms. The summed E-state index contributed by atoms with van der Waals surface area (Å²) in [6, 6.07) is -0.467. The zero-order valence-corrected chi connectivity index (χ0v) is 12.8. The third-order valence-electron chi connectivity index (χ3n) is 4.30. The highest BCUT2D eigenvalue weighted by Gasteiger charge is 2.41. The third kappa shape index (κ3) is 5.28. The second kappa shape index (κ2) is 9.73. The van der Waals surface area contributed by atoms with E-state index in [0.29, 0.717) is 30.9 Å². The van der Waals surface area contributed by atoms with Crippen molar-refractivity contribution in [3.8, 4) is 0 Å². The number of unbranched alkanes of at least 4 members (excludes halogenated alkanes) is 3. The van der Waals surface area contributed by atoms with E-state index in [-0.39, 0.29) is 24.3 Å². The van der Waals surface area contributed by atoms with Gasteiger partial charge in [-0.25, -0.2) is 5.06 Å². The molecule has 0 aliphatic carbocycles. The summed E-state index contributed by atoms with van der Waals surface area (Å²) in [5, 5.41) is 22.1. The number of hydrogen-bond donors (Lipinski definition) is 3. The number of rotatable bonds is 11. The van der Waals surface area contributed by atoms with Crippen LogP contribution in [-0.4, -0.2) is 46.9 Å². The Kier molecular flexibility index (Phi) is 8.30. The molecule has 1 unspecified atom stereocenters. The van der Waals surface area contributed by atoms with Gasteiger partial charge in [-0.15, -0.1) is 0 Å². The molecule has 0 aromatic heterocycles. The predicted octanol–water partition coefficient (Wildman–Crippen LogP) is 1.31. The molecule has 1 aliphatic heterocycles. The first-order valence-electron chi connectivity index (χ1n) is 7.96. The molecule has 3 atom stereocenters. The monoisotopic (exact) mass is 300 g/mol. The van der Waals surface area contributed by atoms with Crippen molar-refractivity contribution < 1.29 is 19.9 Å². The van der Waals surface area contributed by atoms with Crippen LogP contribution >= 0.6 is 0 Å². The fourth-order valence-corrected chi connectivity index (χ4v) is 3.12. The van der Waals surface area contributed by atoms with Crippen LogP contribution in [0.15, 0.2) is 0 Å². The van der Waals surface area contributed by atoms with E-state index < -0.39 is 6.04 Å². The average molecular weight is 300 g/mol. The number of hydroxylamine groups is 2. The third-order valence-corrected chi connectivity index (χ3v) is 4.30. The highest BCUT2D eigenvalue weighted by Crippen LogP contribution is 2.30. The van der Waals surface area contributed by atoms with Gasteiger partial charge in [-0.1, -0.05) is 32.6 Å². The molecule has 1 rings (SSSR count). The minimum Gasteiger partial charge on any atom is -0.396 e. The summed E-state index contributed by atoms with van der Waals surface area (Å²) in [6.07, 6.45) is 6.31. The molecule has 0 spiro atoms. The summed E-state index contributed by atoms with van der Waals surface area (Å²) in [4.78, 5) is 23.0. The quantitative estimate of drug-likeness (QED) is 0.232. The largest absolute Gasteiger partial charge is 0.396 e. The SMILES string of the molecule is CCCC[C@H]1CNC(=O)[C@@H]1C(CCCCCO)N(O)C=O. The van der Waals surface area contributed by atoms with Crippen LogP contribution in [0.2, 0.25) is 0 Å². The van der Waals surface area contributed by atoms with Crippen molar-refractivity contribution in [2.75, 3.05) is 13.2 Å². The van der Waals surface area contributed by atoms with Gasteiger partial charge >= 0.3 is 0 Å². The number of amides is 2. The molecule has 0 bridgehead atoms. The summed E-state index contributed by atoms with van der Waals surface area (Å²) >= 11 is 0. The van der Waals surface area contributed by atoms with Crippen molar-refractivity contribution >= 4 is 12.3 Å². The molecule has 6 nitrogen and oxygen atoms in total. The van der Waals surface area contributed by atoms with Crippen molar-refractivity contribution in [2.24, 2.45) is 11.8 Å². The number of aliphatic hydroxyl groups excluding tert-OH is 1. The van der Waals surface area contributed by atoms with Crippen LogP contribution in [0.1, 0.15) is 51.9 Å². The molecule has 1 fully saturated rings. The van der Waals surface area contributed by atoms with Gasteiger partial charge in [0.1, 0.15) is 0 Å². The average Bonchev–Trinajstić information content (AvgIpc) is 2.85. The molecule has 0 radical (unpaired) electrons.